The van der Waals surface area contributed by atoms with Crippen LogP contribution in [0.5, 0.6) is 0 Å². The minimum absolute atomic E-state index is 0.01000. The molecule has 154 valence electrons. The van der Waals surface area contributed by atoms with Crippen molar-refractivity contribution in [3.63, 3.8) is 0 Å². The van der Waals surface area contributed by atoms with Gasteiger partial charge in [0.15, 0.2) is 5.78 Å². The lowest BCUT2D eigenvalue weighted by Crippen LogP contribution is -2.49. The fourth-order valence-corrected chi connectivity index (χ4v) is 3.70. The largest absolute Gasteiger partial charge is 0.339 e. The highest BCUT2D eigenvalue weighted by Gasteiger charge is 2.23. The van der Waals surface area contributed by atoms with E-state index in [1.807, 2.05) is 43.0 Å². The summed E-state index contributed by atoms with van der Waals surface area (Å²) in [5.74, 6) is 1.30. The maximum absolute atomic E-state index is 12.7. The van der Waals surface area contributed by atoms with Crippen molar-refractivity contribution in [1.29, 1.82) is 0 Å². The molecule has 0 aliphatic carbocycles. The quantitative estimate of drug-likeness (QED) is 0.675. The topological polar surface area (TPSA) is 66.4 Å². The van der Waals surface area contributed by atoms with Crippen molar-refractivity contribution in [3.8, 4) is 0 Å². The van der Waals surface area contributed by atoms with Crippen molar-refractivity contribution >= 4 is 17.6 Å². The van der Waals surface area contributed by atoms with Gasteiger partial charge in [0.1, 0.15) is 0 Å². The van der Waals surface area contributed by atoms with E-state index in [4.69, 9.17) is 0 Å². The van der Waals surface area contributed by atoms with Gasteiger partial charge in [0.2, 0.25) is 11.9 Å². The van der Waals surface area contributed by atoms with Crippen LogP contribution < -0.4 is 4.90 Å². The lowest BCUT2D eigenvalue weighted by molar-refractivity contribution is -0.132. The zero-order chi connectivity index (χ0) is 20.8. The molecule has 29 heavy (non-hydrogen) atoms. The molecule has 6 heteroatoms. The molecule has 2 heterocycles. The van der Waals surface area contributed by atoms with Gasteiger partial charge in [0, 0.05) is 56.5 Å². The van der Waals surface area contributed by atoms with E-state index in [2.05, 4.69) is 21.8 Å². The first kappa shape index (κ1) is 21.0. The SMILES string of the molecule is CC(CC(=O)N1CCN(c2ncccn2)CC1)Cc1cccc(C(=O)C(C)C)c1. The number of piperazine rings is 1. The van der Waals surface area contributed by atoms with Gasteiger partial charge in [-0.1, -0.05) is 39.0 Å². The van der Waals surface area contributed by atoms with Crippen LogP contribution in [0.25, 0.3) is 0 Å². The number of rotatable bonds is 7. The second-order valence-electron chi connectivity index (χ2n) is 8.15. The number of hydrogen-bond donors (Lipinski definition) is 0. The number of amides is 1. The Hall–Kier alpha value is -2.76. The number of hydrogen-bond acceptors (Lipinski definition) is 5. The highest BCUT2D eigenvalue weighted by Crippen LogP contribution is 2.18. The summed E-state index contributed by atoms with van der Waals surface area (Å²) in [6.07, 6.45) is 4.80. The summed E-state index contributed by atoms with van der Waals surface area (Å²) in [5, 5.41) is 0. The molecule has 2 aromatic rings. The first-order valence-electron chi connectivity index (χ1n) is 10.4. The normalized spacial score (nSPS) is 15.4. The summed E-state index contributed by atoms with van der Waals surface area (Å²) < 4.78 is 0. The Balaban J connectivity index is 1.50. The molecule has 3 rings (SSSR count). The summed E-state index contributed by atoms with van der Waals surface area (Å²) >= 11 is 0. The lowest BCUT2D eigenvalue weighted by atomic mass is 9.94. The molecule has 0 saturated carbocycles. The van der Waals surface area contributed by atoms with E-state index in [1.54, 1.807) is 18.5 Å². The van der Waals surface area contributed by atoms with Gasteiger partial charge in [-0.15, -0.1) is 0 Å². The minimum atomic E-state index is -0.01000. The molecule has 0 spiro atoms. The summed E-state index contributed by atoms with van der Waals surface area (Å²) in [5.41, 5.74) is 1.87. The van der Waals surface area contributed by atoms with E-state index in [9.17, 15) is 9.59 Å². The molecule has 1 saturated heterocycles. The van der Waals surface area contributed by atoms with Gasteiger partial charge in [-0.3, -0.25) is 9.59 Å². The third-order valence-electron chi connectivity index (χ3n) is 5.31. The smallest absolute Gasteiger partial charge is 0.225 e. The third-order valence-corrected chi connectivity index (χ3v) is 5.31. The van der Waals surface area contributed by atoms with Crippen LogP contribution in [0.15, 0.2) is 42.7 Å². The molecule has 1 fully saturated rings. The molecule has 6 nitrogen and oxygen atoms in total. The van der Waals surface area contributed by atoms with Crippen molar-refractivity contribution < 1.29 is 9.59 Å². The summed E-state index contributed by atoms with van der Waals surface area (Å²) in [4.78, 5) is 37.6. The number of carbonyl (C=O) groups is 2. The predicted molar refractivity (Wildman–Crippen MR) is 114 cm³/mol. The Morgan fingerprint density at radius 3 is 2.34 bits per heavy atom. The second-order valence-corrected chi connectivity index (χ2v) is 8.15. The lowest BCUT2D eigenvalue weighted by Gasteiger charge is -2.35. The Morgan fingerprint density at radius 1 is 1.00 bits per heavy atom. The van der Waals surface area contributed by atoms with Gasteiger partial charge in [-0.05, 0) is 30.0 Å². The molecule has 1 atom stereocenters. The molecule has 1 unspecified atom stereocenters. The Kier molecular flexibility index (Phi) is 6.96. The summed E-state index contributed by atoms with van der Waals surface area (Å²) in [6, 6.07) is 9.62. The van der Waals surface area contributed by atoms with Crippen LogP contribution in [-0.4, -0.2) is 52.7 Å². The molecular formula is C23H30N4O2. The predicted octanol–water partition coefficient (Wildman–Crippen LogP) is 3.23. The van der Waals surface area contributed by atoms with Gasteiger partial charge in [-0.25, -0.2) is 9.97 Å². The van der Waals surface area contributed by atoms with Crippen molar-refractivity contribution in [3.05, 3.63) is 53.9 Å². The number of Topliss-reactive ketones (excluding diaryl/α,β-unsaturated/α-hetero) is 1. The molecule has 1 amide bonds. The summed E-state index contributed by atoms with van der Waals surface area (Å²) in [6.45, 7) is 8.83. The maximum Gasteiger partial charge on any atom is 0.225 e. The number of ketones is 1. The van der Waals surface area contributed by atoms with Crippen LogP contribution in [0.3, 0.4) is 0 Å². The number of nitrogens with zero attached hydrogens (tertiary/aromatic N) is 4. The fourth-order valence-electron chi connectivity index (χ4n) is 3.70. The average Bonchev–Trinajstić information content (AvgIpc) is 2.74. The highest BCUT2D eigenvalue weighted by atomic mass is 16.2. The van der Waals surface area contributed by atoms with E-state index < -0.39 is 0 Å². The molecule has 0 N–H and O–H groups in total. The fraction of sp³-hybridized carbons (Fsp3) is 0.478. The van der Waals surface area contributed by atoms with Gasteiger partial charge in [0.05, 0.1) is 0 Å². The van der Waals surface area contributed by atoms with Gasteiger partial charge in [-0.2, -0.15) is 0 Å². The Bertz CT molecular complexity index is 830. The highest BCUT2D eigenvalue weighted by molar-refractivity contribution is 5.97. The van der Waals surface area contributed by atoms with E-state index in [0.29, 0.717) is 19.5 Å². The first-order chi connectivity index (χ1) is 13.9. The Morgan fingerprint density at radius 2 is 1.69 bits per heavy atom. The first-order valence-corrected chi connectivity index (χ1v) is 10.4. The number of anilines is 1. The summed E-state index contributed by atoms with van der Waals surface area (Å²) in [7, 11) is 0. The molecule has 1 aliphatic rings. The van der Waals surface area contributed by atoms with Gasteiger partial charge >= 0.3 is 0 Å². The number of aromatic nitrogens is 2. The van der Waals surface area contributed by atoms with Crippen LogP contribution in [0.4, 0.5) is 5.95 Å². The van der Waals surface area contributed by atoms with E-state index in [1.165, 1.54) is 0 Å². The number of benzene rings is 1. The van der Waals surface area contributed by atoms with Crippen LogP contribution in [0.2, 0.25) is 0 Å². The van der Waals surface area contributed by atoms with Gasteiger partial charge in [0.25, 0.3) is 0 Å². The van der Waals surface area contributed by atoms with Crippen molar-refractivity contribution in [2.45, 2.75) is 33.6 Å². The van der Waals surface area contributed by atoms with Crippen LogP contribution in [0.1, 0.15) is 43.1 Å². The maximum atomic E-state index is 12.7. The molecule has 1 aliphatic heterocycles. The second kappa shape index (κ2) is 9.63. The monoisotopic (exact) mass is 394 g/mol. The van der Waals surface area contributed by atoms with Crippen molar-refractivity contribution in [1.82, 2.24) is 14.9 Å². The van der Waals surface area contributed by atoms with E-state index in [-0.39, 0.29) is 23.5 Å². The molecular weight excluding hydrogens is 364 g/mol. The van der Waals surface area contributed by atoms with Gasteiger partial charge < -0.3 is 9.80 Å². The van der Waals surface area contributed by atoms with E-state index >= 15 is 0 Å². The van der Waals surface area contributed by atoms with Crippen molar-refractivity contribution in [2.75, 3.05) is 31.1 Å². The Labute approximate surface area is 173 Å². The third kappa shape index (κ3) is 5.62. The molecule has 1 aromatic carbocycles. The van der Waals surface area contributed by atoms with Crippen LogP contribution in [0, 0.1) is 11.8 Å². The zero-order valence-electron chi connectivity index (χ0n) is 17.5. The molecule has 0 bridgehead atoms. The van der Waals surface area contributed by atoms with E-state index in [0.717, 1.165) is 36.6 Å². The van der Waals surface area contributed by atoms with Crippen LogP contribution >= 0.6 is 0 Å². The molecule has 1 aromatic heterocycles. The average molecular weight is 395 g/mol. The standard InChI is InChI=1S/C23H30N4O2/c1-17(2)22(29)20-7-4-6-19(16-20)14-18(3)15-21(28)26-10-12-27(13-11-26)23-24-8-5-9-25-23/h4-9,16-18H,10-15H2,1-3H3. The molecule has 0 radical (unpaired) electrons. The number of carbonyl (C=O) groups excluding carboxylic acids is 2. The zero-order valence-corrected chi connectivity index (χ0v) is 17.5. The van der Waals surface area contributed by atoms with Crippen molar-refractivity contribution in [2.24, 2.45) is 11.8 Å². The van der Waals surface area contributed by atoms with Crippen LogP contribution in [-0.2, 0) is 11.2 Å². The minimum Gasteiger partial charge on any atom is -0.339 e.